The van der Waals surface area contributed by atoms with E-state index in [1.54, 1.807) is 7.11 Å². The van der Waals surface area contributed by atoms with Crippen LogP contribution in [0.1, 0.15) is 30.0 Å². The van der Waals surface area contributed by atoms with E-state index in [2.05, 4.69) is 38.2 Å². The predicted molar refractivity (Wildman–Crippen MR) is 74.1 cm³/mol. The molecular formula is C14H22ClNO. The highest BCUT2D eigenvalue weighted by atomic mass is 35.5. The Kier molecular flexibility index (Phi) is 4.84. The monoisotopic (exact) mass is 255 g/mol. The highest BCUT2D eigenvalue weighted by molar-refractivity contribution is 5.85. The van der Waals surface area contributed by atoms with Gasteiger partial charge in [0.2, 0.25) is 0 Å². The molecule has 0 spiro atoms. The maximum Gasteiger partial charge on any atom is 0.124 e. The Morgan fingerprint density at radius 2 is 1.82 bits per heavy atom. The molecule has 2 atom stereocenters. The summed E-state index contributed by atoms with van der Waals surface area (Å²) in [5.41, 5.74) is 3.81. The molecule has 1 aliphatic carbocycles. The van der Waals surface area contributed by atoms with Gasteiger partial charge in [-0.05, 0) is 42.9 Å². The zero-order valence-electron chi connectivity index (χ0n) is 11.0. The molecule has 17 heavy (non-hydrogen) atoms. The lowest BCUT2D eigenvalue weighted by Gasteiger charge is -2.11. The SMILES string of the molecule is COc1c(C)cc(CNC2CC2C)cc1C.Cl. The normalized spacial score (nSPS) is 21.9. The van der Waals surface area contributed by atoms with Gasteiger partial charge in [0, 0.05) is 12.6 Å². The summed E-state index contributed by atoms with van der Waals surface area (Å²) in [6.45, 7) is 7.48. The van der Waals surface area contributed by atoms with Gasteiger partial charge in [-0.2, -0.15) is 0 Å². The van der Waals surface area contributed by atoms with Crippen LogP contribution < -0.4 is 10.1 Å². The van der Waals surface area contributed by atoms with Gasteiger partial charge in [0.05, 0.1) is 7.11 Å². The van der Waals surface area contributed by atoms with Crippen molar-refractivity contribution in [3.63, 3.8) is 0 Å². The molecule has 0 radical (unpaired) electrons. The Labute approximate surface area is 110 Å². The molecule has 96 valence electrons. The van der Waals surface area contributed by atoms with Gasteiger partial charge in [0.1, 0.15) is 5.75 Å². The van der Waals surface area contributed by atoms with Crippen molar-refractivity contribution in [2.75, 3.05) is 7.11 Å². The molecule has 1 fully saturated rings. The molecule has 0 saturated heterocycles. The van der Waals surface area contributed by atoms with Crippen LogP contribution in [0.2, 0.25) is 0 Å². The third-order valence-electron chi connectivity index (χ3n) is 3.40. The molecule has 0 bridgehead atoms. The van der Waals surface area contributed by atoms with E-state index in [9.17, 15) is 0 Å². The van der Waals surface area contributed by atoms with Gasteiger partial charge in [-0.15, -0.1) is 12.4 Å². The van der Waals surface area contributed by atoms with Crippen molar-refractivity contribution in [2.45, 2.75) is 39.8 Å². The number of aryl methyl sites for hydroxylation is 2. The Morgan fingerprint density at radius 1 is 1.29 bits per heavy atom. The Morgan fingerprint density at radius 3 is 2.24 bits per heavy atom. The summed E-state index contributed by atoms with van der Waals surface area (Å²) < 4.78 is 5.37. The first kappa shape index (κ1) is 14.3. The van der Waals surface area contributed by atoms with Gasteiger partial charge >= 0.3 is 0 Å². The van der Waals surface area contributed by atoms with E-state index >= 15 is 0 Å². The highest BCUT2D eigenvalue weighted by Crippen LogP contribution is 2.30. The van der Waals surface area contributed by atoms with Crippen LogP contribution in [0.15, 0.2) is 12.1 Å². The summed E-state index contributed by atoms with van der Waals surface area (Å²) in [5.74, 6) is 1.88. The summed E-state index contributed by atoms with van der Waals surface area (Å²) >= 11 is 0. The van der Waals surface area contributed by atoms with Crippen molar-refractivity contribution < 1.29 is 4.74 Å². The number of methoxy groups -OCH3 is 1. The number of benzene rings is 1. The average Bonchev–Trinajstić information content (AvgIpc) is 2.91. The van der Waals surface area contributed by atoms with Crippen LogP contribution in [0, 0.1) is 19.8 Å². The van der Waals surface area contributed by atoms with Gasteiger partial charge in [-0.1, -0.05) is 19.1 Å². The number of ether oxygens (including phenoxy) is 1. The van der Waals surface area contributed by atoms with Gasteiger partial charge < -0.3 is 10.1 Å². The molecule has 1 N–H and O–H groups in total. The molecule has 3 heteroatoms. The minimum absolute atomic E-state index is 0. The van der Waals surface area contributed by atoms with Gasteiger partial charge in [0.15, 0.2) is 0 Å². The molecule has 0 aromatic heterocycles. The van der Waals surface area contributed by atoms with Crippen molar-refractivity contribution in [2.24, 2.45) is 5.92 Å². The Hall–Kier alpha value is -0.730. The van der Waals surface area contributed by atoms with E-state index in [1.165, 1.54) is 23.1 Å². The standard InChI is InChI=1S/C14H21NO.ClH/c1-9-7-13(9)15-8-12-5-10(2)14(16-4)11(3)6-12;/h5-6,9,13,15H,7-8H2,1-4H3;1H. The molecule has 1 aromatic carbocycles. The molecule has 2 unspecified atom stereocenters. The van der Waals surface area contributed by atoms with Crippen molar-refractivity contribution in [1.82, 2.24) is 5.32 Å². The first-order valence-corrected chi connectivity index (χ1v) is 5.99. The van der Waals surface area contributed by atoms with Crippen molar-refractivity contribution in [3.8, 4) is 5.75 Å². The fourth-order valence-corrected chi connectivity index (χ4v) is 2.32. The van der Waals surface area contributed by atoms with E-state index in [0.717, 1.165) is 24.3 Å². The number of rotatable bonds is 4. The second kappa shape index (κ2) is 5.74. The molecule has 0 aliphatic heterocycles. The quantitative estimate of drug-likeness (QED) is 0.892. The lowest BCUT2D eigenvalue weighted by atomic mass is 10.1. The van der Waals surface area contributed by atoms with E-state index in [-0.39, 0.29) is 12.4 Å². The maximum atomic E-state index is 5.37. The van der Waals surface area contributed by atoms with Crippen LogP contribution in [0.4, 0.5) is 0 Å². The molecule has 2 nitrogen and oxygen atoms in total. The summed E-state index contributed by atoms with van der Waals surface area (Å²) in [6.07, 6.45) is 1.33. The third-order valence-corrected chi connectivity index (χ3v) is 3.40. The van der Waals surface area contributed by atoms with Crippen molar-refractivity contribution >= 4 is 12.4 Å². The Bertz CT molecular complexity index is 369. The molecule has 1 aromatic rings. The molecule has 1 aliphatic rings. The third kappa shape index (κ3) is 3.36. The first-order chi connectivity index (χ1) is 7.61. The minimum atomic E-state index is 0. The molecule has 0 heterocycles. The topological polar surface area (TPSA) is 21.3 Å². The molecule has 1 saturated carbocycles. The summed E-state index contributed by atoms with van der Waals surface area (Å²) in [4.78, 5) is 0. The number of hydrogen-bond acceptors (Lipinski definition) is 2. The smallest absolute Gasteiger partial charge is 0.124 e. The second-order valence-electron chi connectivity index (χ2n) is 4.96. The van der Waals surface area contributed by atoms with Crippen LogP contribution in [0.25, 0.3) is 0 Å². The van der Waals surface area contributed by atoms with Crippen molar-refractivity contribution in [1.29, 1.82) is 0 Å². The predicted octanol–water partition coefficient (Wildman–Crippen LogP) is 3.23. The summed E-state index contributed by atoms with van der Waals surface area (Å²) in [7, 11) is 1.74. The summed E-state index contributed by atoms with van der Waals surface area (Å²) in [5, 5.41) is 3.57. The molecular weight excluding hydrogens is 234 g/mol. The van der Waals surface area contributed by atoms with E-state index < -0.39 is 0 Å². The van der Waals surface area contributed by atoms with E-state index in [4.69, 9.17) is 4.74 Å². The number of hydrogen-bond donors (Lipinski definition) is 1. The molecule has 0 amide bonds. The second-order valence-corrected chi connectivity index (χ2v) is 4.96. The van der Waals surface area contributed by atoms with Crippen LogP contribution in [-0.2, 0) is 6.54 Å². The van der Waals surface area contributed by atoms with Gasteiger partial charge in [0.25, 0.3) is 0 Å². The fraction of sp³-hybridized carbons (Fsp3) is 0.571. The zero-order chi connectivity index (χ0) is 11.7. The van der Waals surface area contributed by atoms with Crippen LogP contribution in [0.5, 0.6) is 5.75 Å². The summed E-state index contributed by atoms with van der Waals surface area (Å²) in [6, 6.07) is 5.17. The van der Waals surface area contributed by atoms with Gasteiger partial charge in [-0.25, -0.2) is 0 Å². The van der Waals surface area contributed by atoms with Crippen molar-refractivity contribution in [3.05, 3.63) is 28.8 Å². The minimum Gasteiger partial charge on any atom is -0.496 e. The first-order valence-electron chi connectivity index (χ1n) is 5.99. The van der Waals surface area contributed by atoms with Crippen LogP contribution >= 0.6 is 12.4 Å². The largest absolute Gasteiger partial charge is 0.496 e. The Balaban J connectivity index is 0.00000144. The lowest BCUT2D eigenvalue weighted by Crippen LogP contribution is -2.17. The maximum absolute atomic E-state index is 5.37. The molecule has 2 rings (SSSR count). The van der Waals surface area contributed by atoms with Crippen LogP contribution in [0.3, 0.4) is 0 Å². The zero-order valence-corrected chi connectivity index (χ0v) is 11.9. The van der Waals surface area contributed by atoms with Gasteiger partial charge in [-0.3, -0.25) is 0 Å². The van der Waals surface area contributed by atoms with E-state index in [0.29, 0.717) is 0 Å². The number of halogens is 1. The average molecular weight is 256 g/mol. The van der Waals surface area contributed by atoms with E-state index in [1.807, 2.05) is 0 Å². The number of nitrogens with one attached hydrogen (secondary N) is 1. The lowest BCUT2D eigenvalue weighted by molar-refractivity contribution is 0.408. The highest BCUT2D eigenvalue weighted by Gasteiger charge is 2.31. The van der Waals surface area contributed by atoms with Crippen LogP contribution in [-0.4, -0.2) is 13.2 Å². The fourth-order valence-electron chi connectivity index (χ4n) is 2.32.